The van der Waals surface area contributed by atoms with Gasteiger partial charge in [0.1, 0.15) is 17.9 Å². The van der Waals surface area contributed by atoms with Crippen LogP contribution in [0.3, 0.4) is 0 Å². The quantitative estimate of drug-likeness (QED) is 0.251. The molecule has 3 rings (SSSR count). The zero-order valence-electron chi connectivity index (χ0n) is 18.7. The number of methoxy groups -OCH3 is 1. The van der Waals surface area contributed by atoms with E-state index in [4.69, 9.17) is 26.4 Å². The Morgan fingerprint density at radius 3 is 2.56 bits per heavy atom. The van der Waals surface area contributed by atoms with Gasteiger partial charge < -0.3 is 19.5 Å². The van der Waals surface area contributed by atoms with E-state index in [-0.39, 0.29) is 12.4 Å². The molecule has 1 heterocycles. The van der Waals surface area contributed by atoms with E-state index >= 15 is 0 Å². The summed E-state index contributed by atoms with van der Waals surface area (Å²) in [6.07, 6.45) is 3.96. The Labute approximate surface area is 193 Å². The van der Waals surface area contributed by atoms with Crippen LogP contribution in [0.15, 0.2) is 42.0 Å². The van der Waals surface area contributed by atoms with Crippen molar-refractivity contribution in [3.05, 3.63) is 64.2 Å². The minimum Gasteiger partial charge on any atom is -0.496 e. The number of anilines is 1. The maximum atomic E-state index is 12.3. The van der Waals surface area contributed by atoms with Crippen molar-refractivity contribution in [3.63, 3.8) is 0 Å². The third kappa shape index (κ3) is 5.34. The Morgan fingerprint density at radius 2 is 1.91 bits per heavy atom. The number of para-hydroxylation sites is 1. The van der Waals surface area contributed by atoms with Gasteiger partial charge >= 0.3 is 11.9 Å². The predicted molar refractivity (Wildman–Crippen MR) is 128 cm³/mol. The van der Waals surface area contributed by atoms with Crippen molar-refractivity contribution >= 4 is 34.8 Å². The van der Waals surface area contributed by atoms with Gasteiger partial charge in [-0.05, 0) is 44.4 Å². The second kappa shape index (κ2) is 10.4. The number of benzene rings is 2. The molecule has 7 heteroatoms. The third-order valence-electron chi connectivity index (χ3n) is 5.33. The van der Waals surface area contributed by atoms with E-state index in [1.165, 1.54) is 6.92 Å². The molecule has 0 bridgehead atoms. The number of allylic oxidation sites excluding steroid dienone is 2. The van der Waals surface area contributed by atoms with Crippen LogP contribution < -0.4 is 14.8 Å². The van der Waals surface area contributed by atoms with Crippen LogP contribution in [0.5, 0.6) is 11.5 Å². The normalized spacial score (nSPS) is 12.8. The first-order valence-corrected chi connectivity index (χ1v) is 10.8. The smallest absolute Gasteiger partial charge is 0.342 e. The summed E-state index contributed by atoms with van der Waals surface area (Å²) in [7, 11) is 1.57. The van der Waals surface area contributed by atoms with Crippen LogP contribution in [0.4, 0.5) is 5.69 Å². The molecule has 0 atom stereocenters. The fourth-order valence-electron chi connectivity index (χ4n) is 3.70. The highest BCUT2D eigenvalue weighted by Crippen LogP contribution is 2.43. The molecular formula is C25H27NO5S. The van der Waals surface area contributed by atoms with Crippen LogP contribution >= 0.6 is 12.2 Å². The molecule has 1 aliphatic rings. The van der Waals surface area contributed by atoms with Gasteiger partial charge in [0.25, 0.3) is 0 Å². The number of rotatable bonds is 8. The highest BCUT2D eigenvalue weighted by Gasteiger charge is 2.33. The largest absolute Gasteiger partial charge is 0.496 e. The van der Waals surface area contributed by atoms with Crippen LogP contribution in [-0.2, 0) is 22.6 Å². The molecule has 0 aliphatic carbocycles. The van der Waals surface area contributed by atoms with Gasteiger partial charge in [-0.1, -0.05) is 42.1 Å². The minimum atomic E-state index is -0.503. The predicted octanol–water partition coefficient (Wildman–Crippen LogP) is 5.31. The highest BCUT2D eigenvalue weighted by atomic mass is 32.1. The van der Waals surface area contributed by atoms with Crippen molar-refractivity contribution in [3.8, 4) is 11.5 Å². The number of esters is 2. The lowest BCUT2D eigenvalue weighted by atomic mass is 9.94. The number of cyclic esters (lactones) is 1. The van der Waals surface area contributed by atoms with E-state index in [0.717, 1.165) is 28.2 Å². The van der Waals surface area contributed by atoms with Crippen molar-refractivity contribution in [2.75, 3.05) is 12.4 Å². The molecular weight excluding hydrogens is 426 g/mol. The molecule has 0 fully saturated rings. The van der Waals surface area contributed by atoms with Crippen LogP contribution in [0, 0.1) is 6.92 Å². The van der Waals surface area contributed by atoms with Gasteiger partial charge in [-0.2, -0.15) is 0 Å². The van der Waals surface area contributed by atoms with E-state index < -0.39 is 11.9 Å². The molecule has 6 nitrogen and oxygen atoms in total. The molecule has 0 amide bonds. The summed E-state index contributed by atoms with van der Waals surface area (Å²) in [6.45, 7) is 5.36. The molecule has 0 spiro atoms. The zero-order chi connectivity index (χ0) is 23.3. The number of carbonyl (C=O) groups excluding carboxylic acids is 2. The molecule has 32 heavy (non-hydrogen) atoms. The number of carbonyl (C=O) groups is 2. The second-order valence-corrected chi connectivity index (χ2v) is 8.15. The Kier molecular flexibility index (Phi) is 7.64. The van der Waals surface area contributed by atoms with Crippen LogP contribution in [-0.4, -0.2) is 24.0 Å². The lowest BCUT2D eigenvalue weighted by Crippen LogP contribution is -2.11. The average Bonchev–Trinajstić information content (AvgIpc) is 3.15. The average molecular weight is 454 g/mol. The number of thiocarbonyl (C=S) groups is 1. The third-order valence-corrected chi connectivity index (χ3v) is 5.64. The molecule has 0 aromatic heterocycles. The number of ether oxygens (including phenoxy) is 3. The molecule has 0 radical (unpaired) electrons. The Morgan fingerprint density at radius 1 is 1.19 bits per heavy atom. The summed E-state index contributed by atoms with van der Waals surface area (Å²) >= 11 is 5.46. The van der Waals surface area contributed by atoms with Crippen molar-refractivity contribution in [1.82, 2.24) is 0 Å². The molecule has 0 unspecified atom stereocenters. The molecule has 1 N–H and O–H groups in total. The van der Waals surface area contributed by atoms with Gasteiger partial charge in [-0.25, -0.2) is 4.79 Å². The van der Waals surface area contributed by atoms with Gasteiger partial charge in [0, 0.05) is 30.2 Å². The second-order valence-electron chi connectivity index (χ2n) is 7.66. The SMILES string of the molecule is COc1c(C)c2c(c(OC(C)=O)c1C/C=C(\C)CCC(=S)Nc1ccccc1)C(=O)OC2. The van der Waals surface area contributed by atoms with E-state index in [0.29, 0.717) is 35.3 Å². The van der Waals surface area contributed by atoms with Gasteiger partial charge in [0.2, 0.25) is 0 Å². The topological polar surface area (TPSA) is 73.9 Å². The lowest BCUT2D eigenvalue weighted by molar-refractivity contribution is -0.131. The fourth-order valence-corrected chi connectivity index (χ4v) is 3.92. The number of fused-ring (bicyclic) bond motifs is 1. The van der Waals surface area contributed by atoms with Crippen molar-refractivity contribution in [2.24, 2.45) is 0 Å². The number of hydrogen-bond donors (Lipinski definition) is 1. The summed E-state index contributed by atoms with van der Waals surface area (Å²) in [5.74, 6) is -0.162. The van der Waals surface area contributed by atoms with Crippen molar-refractivity contribution in [1.29, 1.82) is 0 Å². The fraction of sp³-hybridized carbons (Fsp3) is 0.320. The summed E-state index contributed by atoms with van der Waals surface area (Å²) in [4.78, 5) is 24.9. The first-order valence-electron chi connectivity index (χ1n) is 10.4. The molecule has 0 saturated heterocycles. The van der Waals surface area contributed by atoms with E-state index in [1.807, 2.05) is 50.3 Å². The van der Waals surface area contributed by atoms with Gasteiger partial charge in [-0.15, -0.1) is 0 Å². The number of hydrogen-bond acceptors (Lipinski definition) is 6. The summed E-state index contributed by atoms with van der Waals surface area (Å²) in [5, 5.41) is 3.24. The maximum Gasteiger partial charge on any atom is 0.342 e. The monoisotopic (exact) mass is 453 g/mol. The standard InChI is InChI=1S/C25H27NO5S/c1-15(11-13-21(32)26-18-8-6-5-7-9-18)10-12-19-23(29-4)16(2)20-14-30-25(28)22(20)24(19)31-17(3)27/h5-10H,11-14H2,1-4H3,(H,26,32)/b15-10+. The lowest BCUT2D eigenvalue weighted by Gasteiger charge is -2.18. The van der Waals surface area contributed by atoms with E-state index in [1.54, 1.807) is 7.11 Å². The molecule has 2 aromatic rings. The molecule has 2 aromatic carbocycles. The van der Waals surface area contributed by atoms with Crippen molar-refractivity contribution < 1.29 is 23.8 Å². The first kappa shape index (κ1) is 23.5. The van der Waals surface area contributed by atoms with Crippen molar-refractivity contribution in [2.45, 2.75) is 46.6 Å². The van der Waals surface area contributed by atoms with Gasteiger partial charge in [-0.3, -0.25) is 4.79 Å². The molecule has 168 valence electrons. The summed E-state index contributed by atoms with van der Waals surface area (Å²) in [5.41, 5.74) is 4.58. The maximum absolute atomic E-state index is 12.3. The number of nitrogens with one attached hydrogen (secondary N) is 1. The van der Waals surface area contributed by atoms with Crippen LogP contribution in [0.1, 0.15) is 53.7 Å². The minimum absolute atomic E-state index is 0.144. The van der Waals surface area contributed by atoms with Gasteiger partial charge in [0.05, 0.1) is 12.1 Å². The van der Waals surface area contributed by atoms with Crippen LogP contribution in [0.25, 0.3) is 0 Å². The van der Waals surface area contributed by atoms with Crippen LogP contribution in [0.2, 0.25) is 0 Å². The Bertz CT molecular complexity index is 1080. The van der Waals surface area contributed by atoms with E-state index in [9.17, 15) is 9.59 Å². The zero-order valence-corrected chi connectivity index (χ0v) is 19.6. The Hall–Kier alpha value is -3.19. The van der Waals surface area contributed by atoms with Gasteiger partial charge in [0.15, 0.2) is 5.75 Å². The first-order chi connectivity index (χ1) is 15.3. The highest BCUT2D eigenvalue weighted by molar-refractivity contribution is 7.80. The summed E-state index contributed by atoms with van der Waals surface area (Å²) < 4.78 is 16.3. The Balaban J connectivity index is 1.79. The summed E-state index contributed by atoms with van der Waals surface area (Å²) in [6, 6.07) is 9.81. The van der Waals surface area contributed by atoms with E-state index in [2.05, 4.69) is 5.32 Å². The molecule has 0 saturated carbocycles. The molecule has 1 aliphatic heterocycles.